The molecule has 1 unspecified atom stereocenters. The van der Waals surface area contributed by atoms with Crippen molar-refractivity contribution in [1.82, 2.24) is 0 Å². The van der Waals surface area contributed by atoms with Crippen LogP contribution in [0.5, 0.6) is 0 Å². The van der Waals surface area contributed by atoms with Gasteiger partial charge in [-0.25, -0.2) is 0 Å². The Morgan fingerprint density at radius 2 is 1.40 bits per heavy atom. The third-order valence-corrected chi connectivity index (χ3v) is 4.06. The average Bonchev–Trinajstić information content (AvgIpc) is 2.62. The Hall–Kier alpha value is -3.48. The lowest BCUT2D eigenvalue weighted by molar-refractivity contribution is -0.392. The van der Waals surface area contributed by atoms with Crippen molar-refractivity contribution in [3.63, 3.8) is 0 Å². The summed E-state index contributed by atoms with van der Waals surface area (Å²) in [7, 11) is 0. The van der Waals surface area contributed by atoms with Gasteiger partial charge in [0.25, 0.3) is 11.4 Å². The van der Waals surface area contributed by atoms with Gasteiger partial charge in [0.15, 0.2) is 0 Å². The maximum atomic E-state index is 11.5. The maximum Gasteiger partial charge on any atom is 0.299 e. The van der Waals surface area contributed by atoms with Crippen LogP contribution in [-0.2, 0) is 0 Å². The Morgan fingerprint density at radius 3 is 2.00 bits per heavy atom. The van der Waals surface area contributed by atoms with Gasteiger partial charge in [-0.05, 0) is 18.6 Å². The van der Waals surface area contributed by atoms with Crippen molar-refractivity contribution in [3.8, 4) is 0 Å². The summed E-state index contributed by atoms with van der Waals surface area (Å²) in [4.78, 5) is 21.6. The first kappa shape index (κ1) is 16.4. The predicted molar refractivity (Wildman–Crippen MR) is 95.7 cm³/mol. The molecule has 126 valence electrons. The molecular formula is C18H15N3O4. The molecule has 0 amide bonds. The zero-order valence-corrected chi connectivity index (χ0v) is 13.4. The third-order valence-electron chi connectivity index (χ3n) is 4.06. The van der Waals surface area contributed by atoms with Gasteiger partial charge < -0.3 is 5.32 Å². The first-order valence-corrected chi connectivity index (χ1v) is 7.65. The molecule has 0 fully saturated rings. The van der Waals surface area contributed by atoms with Crippen LogP contribution in [0.4, 0.5) is 17.1 Å². The number of nitrogens with one attached hydrogen (secondary N) is 1. The van der Waals surface area contributed by atoms with E-state index in [0.717, 1.165) is 11.6 Å². The minimum Gasteiger partial charge on any atom is -0.372 e. The standard InChI is InChI=1S/C18H15N3O4/c1-12(13-7-3-2-4-8-13)19-18-15-10-6-5-9-14(15)16(20(22)23)11-17(18)21(24)25/h2-12,19H,1H3. The van der Waals surface area contributed by atoms with Crippen LogP contribution in [0.1, 0.15) is 18.5 Å². The number of hydrogen-bond donors (Lipinski definition) is 1. The number of nitrogens with zero attached hydrogens (tertiary/aromatic N) is 2. The van der Waals surface area contributed by atoms with Gasteiger partial charge in [0.2, 0.25) is 0 Å². The number of rotatable bonds is 5. The van der Waals surface area contributed by atoms with Gasteiger partial charge in [0, 0.05) is 11.4 Å². The fourth-order valence-electron chi connectivity index (χ4n) is 2.83. The molecule has 3 aromatic rings. The molecule has 7 heteroatoms. The number of fused-ring (bicyclic) bond motifs is 1. The fourth-order valence-corrected chi connectivity index (χ4v) is 2.83. The second-order valence-corrected chi connectivity index (χ2v) is 5.63. The van der Waals surface area contributed by atoms with E-state index in [4.69, 9.17) is 0 Å². The Labute approximate surface area is 143 Å². The van der Waals surface area contributed by atoms with Crippen LogP contribution in [0.15, 0.2) is 60.7 Å². The molecule has 1 N–H and O–H groups in total. The molecule has 0 bridgehead atoms. The van der Waals surface area contributed by atoms with E-state index >= 15 is 0 Å². The van der Waals surface area contributed by atoms with E-state index in [9.17, 15) is 20.2 Å². The molecule has 0 aliphatic rings. The highest BCUT2D eigenvalue weighted by Crippen LogP contribution is 2.40. The zero-order chi connectivity index (χ0) is 18.0. The smallest absolute Gasteiger partial charge is 0.299 e. The average molecular weight is 337 g/mol. The van der Waals surface area contributed by atoms with Crippen molar-refractivity contribution in [2.45, 2.75) is 13.0 Å². The van der Waals surface area contributed by atoms with Crippen LogP contribution in [-0.4, -0.2) is 9.85 Å². The van der Waals surface area contributed by atoms with Gasteiger partial charge in [0.05, 0.1) is 21.3 Å². The molecule has 0 aromatic heterocycles. The number of benzene rings is 3. The van der Waals surface area contributed by atoms with Crippen molar-refractivity contribution in [2.24, 2.45) is 0 Å². The number of non-ortho nitro benzene ring substituents is 1. The summed E-state index contributed by atoms with van der Waals surface area (Å²) in [5.74, 6) is 0. The molecule has 0 aliphatic heterocycles. The molecule has 0 radical (unpaired) electrons. The zero-order valence-electron chi connectivity index (χ0n) is 13.4. The Bertz CT molecular complexity index is 957. The highest BCUT2D eigenvalue weighted by Gasteiger charge is 2.26. The largest absolute Gasteiger partial charge is 0.372 e. The predicted octanol–water partition coefficient (Wildman–Crippen LogP) is 4.83. The third kappa shape index (κ3) is 3.12. The molecule has 0 saturated carbocycles. The summed E-state index contributed by atoms with van der Waals surface area (Å²) in [6, 6.07) is 16.9. The fraction of sp³-hybridized carbons (Fsp3) is 0.111. The highest BCUT2D eigenvalue weighted by atomic mass is 16.6. The molecule has 3 rings (SSSR count). The monoisotopic (exact) mass is 337 g/mol. The molecule has 25 heavy (non-hydrogen) atoms. The van der Waals surface area contributed by atoms with Gasteiger partial charge in [-0.15, -0.1) is 0 Å². The second kappa shape index (κ2) is 6.56. The van der Waals surface area contributed by atoms with E-state index in [0.29, 0.717) is 10.8 Å². The Kier molecular flexibility index (Phi) is 4.30. The summed E-state index contributed by atoms with van der Waals surface area (Å²) in [5, 5.41) is 26.8. The van der Waals surface area contributed by atoms with E-state index in [2.05, 4.69) is 5.32 Å². The minimum atomic E-state index is -0.598. The van der Waals surface area contributed by atoms with Gasteiger partial charge >= 0.3 is 0 Å². The maximum absolute atomic E-state index is 11.5. The summed E-state index contributed by atoms with van der Waals surface area (Å²) in [5.41, 5.74) is 0.648. The minimum absolute atomic E-state index is 0.204. The number of hydrogen-bond acceptors (Lipinski definition) is 5. The molecule has 0 spiro atoms. The number of anilines is 1. The van der Waals surface area contributed by atoms with E-state index in [1.54, 1.807) is 24.3 Å². The Morgan fingerprint density at radius 1 is 0.840 bits per heavy atom. The first-order chi connectivity index (χ1) is 12.0. The first-order valence-electron chi connectivity index (χ1n) is 7.65. The van der Waals surface area contributed by atoms with E-state index < -0.39 is 9.85 Å². The molecule has 0 saturated heterocycles. The van der Waals surface area contributed by atoms with Gasteiger partial charge in [0.1, 0.15) is 5.69 Å². The number of nitro benzene ring substituents is 2. The summed E-state index contributed by atoms with van der Waals surface area (Å²) in [6.07, 6.45) is 0. The normalized spacial score (nSPS) is 11.9. The van der Waals surface area contributed by atoms with Crippen LogP contribution >= 0.6 is 0 Å². The lowest BCUT2D eigenvalue weighted by Gasteiger charge is -2.17. The molecule has 0 heterocycles. The summed E-state index contributed by atoms with van der Waals surface area (Å²) >= 11 is 0. The lowest BCUT2D eigenvalue weighted by atomic mass is 10.0. The lowest BCUT2D eigenvalue weighted by Crippen LogP contribution is -2.09. The second-order valence-electron chi connectivity index (χ2n) is 5.63. The SMILES string of the molecule is CC(Nc1c([N+](=O)[O-])cc([N+](=O)[O-])c2ccccc12)c1ccccc1. The van der Waals surface area contributed by atoms with E-state index in [-0.39, 0.29) is 23.1 Å². The Balaban J connectivity index is 2.19. The molecule has 0 aliphatic carbocycles. The van der Waals surface area contributed by atoms with Crippen molar-refractivity contribution >= 4 is 27.8 Å². The highest BCUT2D eigenvalue weighted by molar-refractivity contribution is 6.03. The quantitative estimate of drug-likeness (QED) is 0.531. The van der Waals surface area contributed by atoms with Crippen molar-refractivity contribution in [3.05, 3.63) is 86.5 Å². The van der Waals surface area contributed by atoms with E-state index in [1.165, 1.54) is 0 Å². The van der Waals surface area contributed by atoms with Crippen LogP contribution in [0, 0.1) is 20.2 Å². The van der Waals surface area contributed by atoms with Gasteiger partial charge in [-0.2, -0.15) is 0 Å². The van der Waals surface area contributed by atoms with Crippen molar-refractivity contribution in [2.75, 3.05) is 5.32 Å². The van der Waals surface area contributed by atoms with Crippen LogP contribution in [0.25, 0.3) is 10.8 Å². The van der Waals surface area contributed by atoms with Gasteiger partial charge in [-0.1, -0.05) is 48.5 Å². The molecular weight excluding hydrogens is 322 g/mol. The number of nitro groups is 2. The summed E-state index contributed by atoms with van der Waals surface area (Å²) in [6.45, 7) is 1.88. The molecule has 3 aromatic carbocycles. The molecule has 1 atom stereocenters. The van der Waals surface area contributed by atoms with Crippen LogP contribution in [0.2, 0.25) is 0 Å². The topological polar surface area (TPSA) is 98.3 Å². The van der Waals surface area contributed by atoms with Crippen LogP contribution < -0.4 is 5.32 Å². The van der Waals surface area contributed by atoms with Crippen molar-refractivity contribution in [1.29, 1.82) is 0 Å². The van der Waals surface area contributed by atoms with Crippen molar-refractivity contribution < 1.29 is 9.85 Å². The van der Waals surface area contributed by atoms with E-state index in [1.807, 2.05) is 37.3 Å². The van der Waals surface area contributed by atoms with Gasteiger partial charge in [-0.3, -0.25) is 20.2 Å². The van der Waals surface area contributed by atoms with Crippen LogP contribution in [0.3, 0.4) is 0 Å². The molecule has 7 nitrogen and oxygen atoms in total. The summed E-state index contributed by atoms with van der Waals surface area (Å²) < 4.78 is 0.